The highest BCUT2D eigenvalue weighted by molar-refractivity contribution is 6.30. The number of benzene rings is 2. The van der Waals surface area contributed by atoms with Gasteiger partial charge in [-0.05, 0) is 30.3 Å². The number of carbonyl (C=O) groups is 1. The van der Waals surface area contributed by atoms with E-state index in [0.717, 1.165) is 12.1 Å². The Morgan fingerprint density at radius 1 is 1.14 bits per heavy atom. The van der Waals surface area contributed by atoms with Gasteiger partial charge in [-0.1, -0.05) is 11.6 Å². The fourth-order valence-electron chi connectivity index (χ4n) is 1.64. The molecule has 0 aromatic heterocycles. The van der Waals surface area contributed by atoms with Gasteiger partial charge in [0.15, 0.2) is 24.0 Å². The van der Waals surface area contributed by atoms with Crippen LogP contribution >= 0.6 is 11.6 Å². The maximum absolute atomic E-state index is 13.5. The van der Waals surface area contributed by atoms with E-state index in [1.54, 1.807) is 0 Å². The van der Waals surface area contributed by atoms with Gasteiger partial charge < -0.3 is 9.47 Å². The molecule has 6 heteroatoms. The molecule has 0 unspecified atom stereocenters. The molecule has 2 aromatic carbocycles. The van der Waals surface area contributed by atoms with E-state index in [9.17, 15) is 13.6 Å². The number of hydrogen-bond acceptors (Lipinski definition) is 3. The van der Waals surface area contributed by atoms with Gasteiger partial charge in [0.05, 0.1) is 12.1 Å². The lowest BCUT2D eigenvalue weighted by Crippen LogP contribution is -2.12. The minimum Gasteiger partial charge on any atom is -0.494 e. The molecule has 0 aliphatic heterocycles. The summed E-state index contributed by atoms with van der Waals surface area (Å²) in [5.41, 5.74) is 0.141. The van der Waals surface area contributed by atoms with Crippen LogP contribution in [0.2, 0.25) is 5.02 Å². The summed E-state index contributed by atoms with van der Waals surface area (Å²) in [5, 5.41) is -0.0362. The molecule has 0 bridgehead atoms. The highest BCUT2D eigenvalue weighted by atomic mass is 35.5. The fraction of sp³-hybridized carbons (Fsp3) is 0.133. The molecule has 0 saturated heterocycles. The summed E-state index contributed by atoms with van der Waals surface area (Å²) in [5.74, 6) is -1.50. The lowest BCUT2D eigenvalue weighted by atomic mass is 10.1. The Labute approximate surface area is 125 Å². The second-order valence-electron chi connectivity index (χ2n) is 4.14. The molecular weight excluding hydrogens is 302 g/mol. The van der Waals surface area contributed by atoms with E-state index in [2.05, 4.69) is 0 Å². The zero-order valence-electron chi connectivity index (χ0n) is 11.0. The normalized spacial score (nSPS) is 10.3. The minimum absolute atomic E-state index is 0.0362. The van der Waals surface area contributed by atoms with Gasteiger partial charge in [0.2, 0.25) is 0 Å². The predicted molar refractivity (Wildman–Crippen MR) is 74.2 cm³/mol. The van der Waals surface area contributed by atoms with Crippen LogP contribution in [0.1, 0.15) is 10.4 Å². The monoisotopic (exact) mass is 312 g/mol. The zero-order valence-corrected chi connectivity index (χ0v) is 11.8. The third-order valence-electron chi connectivity index (χ3n) is 2.73. The first-order chi connectivity index (χ1) is 10.0. The van der Waals surface area contributed by atoms with Gasteiger partial charge >= 0.3 is 0 Å². The molecule has 0 heterocycles. The summed E-state index contributed by atoms with van der Waals surface area (Å²) in [6, 6.07) is 7.68. The summed E-state index contributed by atoms with van der Waals surface area (Å²) >= 11 is 5.53. The highest BCUT2D eigenvalue weighted by Crippen LogP contribution is 2.21. The lowest BCUT2D eigenvalue weighted by molar-refractivity contribution is 0.0920. The molecule has 0 amide bonds. The fourth-order valence-corrected chi connectivity index (χ4v) is 1.76. The number of ether oxygens (including phenoxy) is 2. The number of methoxy groups -OCH3 is 1. The SMILES string of the molecule is COc1ccc(C(=O)COc2ccc(Cl)c(F)c2)cc1F. The third kappa shape index (κ3) is 3.70. The molecular formula is C15H11ClF2O3. The van der Waals surface area contributed by atoms with Crippen LogP contribution in [0.3, 0.4) is 0 Å². The van der Waals surface area contributed by atoms with Crippen molar-refractivity contribution in [2.75, 3.05) is 13.7 Å². The second-order valence-corrected chi connectivity index (χ2v) is 4.54. The van der Waals surface area contributed by atoms with Crippen LogP contribution in [0.5, 0.6) is 11.5 Å². The van der Waals surface area contributed by atoms with Crippen LogP contribution in [0, 0.1) is 11.6 Å². The Balaban J connectivity index is 2.04. The van der Waals surface area contributed by atoms with E-state index in [1.165, 1.54) is 31.4 Å². The average molecular weight is 313 g/mol. The standard InChI is InChI=1S/C15H11ClF2O3/c1-20-15-5-2-9(6-13(15)18)14(19)8-21-10-3-4-11(16)12(17)7-10/h2-7H,8H2,1H3. The summed E-state index contributed by atoms with van der Waals surface area (Å²) in [7, 11) is 1.33. The maximum atomic E-state index is 13.5. The zero-order chi connectivity index (χ0) is 15.4. The number of hydrogen-bond donors (Lipinski definition) is 0. The van der Waals surface area contributed by atoms with Gasteiger partial charge in [0, 0.05) is 11.6 Å². The molecule has 21 heavy (non-hydrogen) atoms. The van der Waals surface area contributed by atoms with Gasteiger partial charge in [-0.3, -0.25) is 4.79 Å². The Morgan fingerprint density at radius 2 is 1.90 bits per heavy atom. The largest absolute Gasteiger partial charge is 0.494 e. The predicted octanol–water partition coefficient (Wildman–Crippen LogP) is 3.89. The van der Waals surface area contributed by atoms with Crippen LogP contribution < -0.4 is 9.47 Å². The summed E-state index contributed by atoms with van der Waals surface area (Å²) in [6.45, 7) is -0.340. The van der Waals surface area contributed by atoms with E-state index >= 15 is 0 Å². The van der Waals surface area contributed by atoms with E-state index in [0.29, 0.717) is 0 Å². The van der Waals surface area contributed by atoms with Crippen molar-refractivity contribution < 1.29 is 23.0 Å². The highest BCUT2D eigenvalue weighted by Gasteiger charge is 2.11. The van der Waals surface area contributed by atoms with Crippen LogP contribution in [-0.4, -0.2) is 19.5 Å². The second kappa shape index (κ2) is 6.54. The van der Waals surface area contributed by atoms with Crippen LogP contribution in [0.15, 0.2) is 36.4 Å². The van der Waals surface area contributed by atoms with E-state index in [1.807, 2.05) is 0 Å². The molecule has 3 nitrogen and oxygen atoms in total. The summed E-state index contributed by atoms with van der Waals surface area (Å²) in [6.07, 6.45) is 0. The molecule has 0 atom stereocenters. The van der Waals surface area contributed by atoms with Gasteiger partial charge in [0.1, 0.15) is 11.6 Å². The molecule has 110 valence electrons. The number of ketones is 1. The van der Waals surface area contributed by atoms with Crippen molar-refractivity contribution >= 4 is 17.4 Å². The first-order valence-corrected chi connectivity index (χ1v) is 6.33. The van der Waals surface area contributed by atoms with E-state index in [-0.39, 0.29) is 28.7 Å². The molecule has 0 saturated carbocycles. The van der Waals surface area contributed by atoms with Gasteiger partial charge in [-0.15, -0.1) is 0 Å². The van der Waals surface area contributed by atoms with E-state index in [4.69, 9.17) is 21.1 Å². The number of rotatable bonds is 5. The Hall–Kier alpha value is -2.14. The number of halogens is 3. The smallest absolute Gasteiger partial charge is 0.200 e. The van der Waals surface area contributed by atoms with Crippen LogP contribution in [-0.2, 0) is 0 Å². The minimum atomic E-state index is -0.642. The Kier molecular flexibility index (Phi) is 4.75. The molecule has 0 fully saturated rings. The first-order valence-electron chi connectivity index (χ1n) is 5.96. The Morgan fingerprint density at radius 3 is 2.52 bits per heavy atom. The molecule has 2 rings (SSSR count). The number of Topliss-reactive ketones (excluding diaryl/α,β-unsaturated/α-hetero) is 1. The first kappa shape index (κ1) is 15.3. The summed E-state index contributed by atoms with van der Waals surface area (Å²) < 4.78 is 36.6. The molecule has 0 radical (unpaired) electrons. The quantitative estimate of drug-likeness (QED) is 0.786. The third-order valence-corrected chi connectivity index (χ3v) is 3.04. The lowest BCUT2D eigenvalue weighted by Gasteiger charge is -2.07. The van der Waals surface area contributed by atoms with Gasteiger partial charge in [0.25, 0.3) is 0 Å². The molecule has 0 aliphatic carbocycles. The topological polar surface area (TPSA) is 35.5 Å². The average Bonchev–Trinajstić information content (AvgIpc) is 2.48. The van der Waals surface area contributed by atoms with Gasteiger partial charge in [-0.25, -0.2) is 8.78 Å². The summed E-state index contributed by atoms with van der Waals surface area (Å²) in [4.78, 5) is 11.9. The van der Waals surface area contributed by atoms with Crippen molar-refractivity contribution in [1.29, 1.82) is 0 Å². The van der Waals surface area contributed by atoms with Crippen LogP contribution in [0.25, 0.3) is 0 Å². The van der Waals surface area contributed by atoms with Crippen molar-refractivity contribution in [3.63, 3.8) is 0 Å². The molecule has 2 aromatic rings. The molecule has 0 aliphatic rings. The van der Waals surface area contributed by atoms with Crippen LogP contribution in [0.4, 0.5) is 8.78 Å². The number of carbonyl (C=O) groups excluding carboxylic acids is 1. The van der Waals surface area contributed by atoms with Crippen molar-refractivity contribution in [2.24, 2.45) is 0 Å². The maximum Gasteiger partial charge on any atom is 0.200 e. The van der Waals surface area contributed by atoms with Gasteiger partial charge in [-0.2, -0.15) is 0 Å². The van der Waals surface area contributed by atoms with Crippen molar-refractivity contribution in [3.8, 4) is 11.5 Å². The van der Waals surface area contributed by atoms with Crippen molar-refractivity contribution in [2.45, 2.75) is 0 Å². The molecule has 0 N–H and O–H groups in total. The molecule has 0 spiro atoms. The van der Waals surface area contributed by atoms with Crippen molar-refractivity contribution in [1.82, 2.24) is 0 Å². The van der Waals surface area contributed by atoms with Crippen molar-refractivity contribution in [3.05, 3.63) is 58.6 Å². The Bertz CT molecular complexity index is 674. The van der Waals surface area contributed by atoms with E-state index < -0.39 is 17.4 Å².